The second-order valence-electron chi connectivity index (χ2n) is 9.03. The van der Waals surface area contributed by atoms with Crippen LogP contribution in [0, 0.1) is 37.5 Å². The van der Waals surface area contributed by atoms with E-state index in [1.807, 2.05) is 32.1 Å². The molecule has 2 aromatic rings. The number of imide groups is 1. The number of carbonyl (C=O) groups is 4. The number of nitrogens with zero attached hydrogens (tertiary/aromatic N) is 1. The zero-order chi connectivity index (χ0) is 24.1. The molecule has 1 saturated carbocycles. The van der Waals surface area contributed by atoms with Crippen molar-refractivity contribution in [3.63, 3.8) is 0 Å². The summed E-state index contributed by atoms with van der Waals surface area (Å²) in [4.78, 5) is 52.2. The normalized spacial score (nSPS) is 24.5. The first-order valence-corrected chi connectivity index (χ1v) is 11.9. The van der Waals surface area contributed by atoms with Gasteiger partial charge in [-0.3, -0.25) is 14.4 Å². The van der Waals surface area contributed by atoms with Gasteiger partial charge in [-0.25, -0.2) is 9.69 Å². The highest BCUT2D eigenvalue weighted by molar-refractivity contribution is 9.10. The van der Waals surface area contributed by atoms with Crippen molar-refractivity contribution in [2.24, 2.45) is 23.7 Å². The van der Waals surface area contributed by atoms with E-state index in [0.29, 0.717) is 11.4 Å². The molecule has 34 heavy (non-hydrogen) atoms. The third-order valence-corrected chi connectivity index (χ3v) is 8.00. The lowest BCUT2D eigenvalue weighted by molar-refractivity contribution is -0.123. The minimum atomic E-state index is -0.707. The molecule has 174 valence electrons. The van der Waals surface area contributed by atoms with Crippen molar-refractivity contribution in [3.8, 4) is 0 Å². The molecule has 0 spiro atoms. The van der Waals surface area contributed by atoms with Crippen LogP contribution in [0.15, 0.2) is 53.0 Å². The van der Waals surface area contributed by atoms with E-state index >= 15 is 0 Å². The van der Waals surface area contributed by atoms with Crippen molar-refractivity contribution in [2.45, 2.75) is 20.3 Å². The molecule has 8 heteroatoms. The quantitative estimate of drug-likeness (QED) is 0.361. The van der Waals surface area contributed by atoms with E-state index in [0.717, 1.165) is 22.0 Å². The predicted octanol–water partition coefficient (Wildman–Crippen LogP) is 4.17. The number of anilines is 2. The zero-order valence-corrected chi connectivity index (χ0v) is 20.3. The molecule has 1 N–H and O–H groups in total. The molecule has 1 saturated heterocycles. The van der Waals surface area contributed by atoms with Crippen LogP contribution in [0.2, 0.25) is 0 Å². The summed E-state index contributed by atoms with van der Waals surface area (Å²) in [6.07, 6.45) is 4.93. The topological polar surface area (TPSA) is 92.8 Å². The fraction of sp³-hybridized carbons (Fsp3) is 0.308. The number of rotatable bonds is 5. The molecule has 4 atom stereocenters. The molecule has 2 aliphatic carbocycles. The van der Waals surface area contributed by atoms with Crippen LogP contribution in [0.25, 0.3) is 0 Å². The van der Waals surface area contributed by atoms with Gasteiger partial charge in [0.05, 0.1) is 23.1 Å². The summed E-state index contributed by atoms with van der Waals surface area (Å²) in [6.45, 7) is 3.37. The van der Waals surface area contributed by atoms with Gasteiger partial charge in [0.15, 0.2) is 6.61 Å². The van der Waals surface area contributed by atoms with Gasteiger partial charge in [-0.1, -0.05) is 34.1 Å². The average Bonchev–Trinajstić information content (AvgIpc) is 3.51. The number of carbonyl (C=O) groups excluding carboxylic acids is 4. The first kappa shape index (κ1) is 22.5. The SMILES string of the molecule is Cc1c(Br)ccc(NC(=O)COC(=O)c2cccc(N3C(=O)[C@H]4[C@H](C3=O)[C@H]3C=C[C@H]4C3)c2)c1C. The van der Waals surface area contributed by atoms with E-state index in [2.05, 4.69) is 21.2 Å². The Hall–Kier alpha value is -3.26. The van der Waals surface area contributed by atoms with Gasteiger partial charge < -0.3 is 10.1 Å². The summed E-state index contributed by atoms with van der Waals surface area (Å²) in [6, 6.07) is 9.84. The second-order valence-corrected chi connectivity index (χ2v) is 9.89. The van der Waals surface area contributed by atoms with E-state index < -0.39 is 18.5 Å². The maximum Gasteiger partial charge on any atom is 0.338 e. The van der Waals surface area contributed by atoms with Crippen LogP contribution < -0.4 is 10.2 Å². The fourth-order valence-electron chi connectivity index (χ4n) is 5.25. The van der Waals surface area contributed by atoms with Crippen LogP contribution in [0.4, 0.5) is 11.4 Å². The van der Waals surface area contributed by atoms with Crippen LogP contribution >= 0.6 is 15.9 Å². The Bertz CT molecular complexity index is 1240. The van der Waals surface area contributed by atoms with Crippen molar-refractivity contribution in [3.05, 3.63) is 69.7 Å². The van der Waals surface area contributed by atoms with Crippen molar-refractivity contribution >= 4 is 51.0 Å². The Morgan fingerprint density at radius 2 is 1.71 bits per heavy atom. The number of fused-ring (bicyclic) bond motifs is 5. The Labute approximate surface area is 205 Å². The number of hydrogen-bond donors (Lipinski definition) is 1. The van der Waals surface area contributed by atoms with E-state index in [9.17, 15) is 19.2 Å². The lowest BCUT2D eigenvalue weighted by Crippen LogP contribution is -2.33. The number of nitrogens with one attached hydrogen (secondary N) is 1. The van der Waals surface area contributed by atoms with Crippen molar-refractivity contribution in [1.29, 1.82) is 0 Å². The van der Waals surface area contributed by atoms with Gasteiger partial charge >= 0.3 is 5.97 Å². The molecule has 2 bridgehead atoms. The molecule has 2 fully saturated rings. The Morgan fingerprint density at radius 3 is 2.38 bits per heavy atom. The molecule has 0 unspecified atom stereocenters. The van der Waals surface area contributed by atoms with Gasteiger partial charge in [-0.2, -0.15) is 0 Å². The largest absolute Gasteiger partial charge is 0.452 e. The smallest absolute Gasteiger partial charge is 0.338 e. The van der Waals surface area contributed by atoms with Crippen molar-refractivity contribution < 1.29 is 23.9 Å². The Balaban J connectivity index is 1.25. The predicted molar refractivity (Wildman–Crippen MR) is 129 cm³/mol. The molecule has 2 aromatic carbocycles. The summed E-state index contributed by atoms with van der Waals surface area (Å²) in [7, 11) is 0. The van der Waals surface area contributed by atoms with Gasteiger partial charge in [-0.05, 0) is 73.6 Å². The number of esters is 1. The van der Waals surface area contributed by atoms with Gasteiger partial charge in [0.2, 0.25) is 11.8 Å². The van der Waals surface area contributed by atoms with Gasteiger partial charge in [-0.15, -0.1) is 0 Å². The van der Waals surface area contributed by atoms with Crippen molar-refractivity contribution in [2.75, 3.05) is 16.8 Å². The Morgan fingerprint density at radius 1 is 1.03 bits per heavy atom. The monoisotopic (exact) mass is 522 g/mol. The summed E-state index contributed by atoms with van der Waals surface area (Å²) in [5.41, 5.74) is 3.08. The van der Waals surface area contributed by atoms with Crippen LogP contribution in [0.3, 0.4) is 0 Å². The molecular formula is C26H23BrN2O5. The molecular weight excluding hydrogens is 500 g/mol. The molecule has 1 heterocycles. The average molecular weight is 523 g/mol. The molecule has 0 aromatic heterocycles. The first-order valence-electron chi connectivity index (χ1n) is 11.1. The molecule has 3 amide bonds. The standard InChI is InChI=1S/C26H23BrN2O5/c1-13-14(2)20(9-8-19(13)27)28-21(30)12-34-26(33)17-4-3-5-18(11-17)29-24(31)22-15-6-7-16(10-15)23(22)25(29)32/h3-9,11,15-16,22-23H,10,12H2,1-2H3,(H,28,30)/t15-,16-,22+,23+/m0/s1. The number of halogens is 1. The number of benzene rings is 2. The number of ether oxygens (including phenoxy) is 1. The highest BCUT2D eigenvalue weighted by atomic mass is 79.9. The lowest BCUT2D eigenvalue weighted by atomic mass is 9.85. The van der Waals surface area contributed by atoms with Gasteiger partial charge in [0.25, 0.3) is 5.91 Å². The van der Waals surface area contributed by atoms with Gasteiger partial charge in [0, 0.05) is 10.2 Å². The molecule has 5 rings (SSSR count). The molecule has 3 aliphatic rings. The number of allylic oxidation sites excluding steroid dienone is 2. The summed E-state index contributed by atoms with van der Waals surface area (Å²) < 4.78 is 6.13. The third kappa shape index (κ3) is 3.66. The summed E-state index contributed by atoms with van der Waals surface area (Å²) in [5, 5.41) is 2.75. The van der Waals surface area contributed by atoms with Crippen molar-refractivity contribution in [1.82, 2.24) is 0 Å². The summed E-state index contributed by atoms with van der Waals surface area (Å²) >= 11 is 3.45. The van der Waals surface area contributed by atoms with E-state index in [1.165, 1.54) is 17.0 Å². The number of amides is 3. The molecule has 7 nitrogen and oxygen atoms in total. The van der Waals surface area contributed by atoms with Crippen LogP contribution in [0.1, 0.15) is 27.9 Å². The van der Waals surface area contributed by atoms with Crippen LogP contribution in [-0.2, 0) is 19.1 Å². The maximum absolute atomic E-state index is 13.0. The first-order chi connectivity index (χ1) is 16.3. The minimum absolute atomic E-state index is 0.112. The highest BCUT2D eigenvalue weighted by Gasteiger charge is 2.59. The zero-order valence-electron chi connectivity index (χ0n) is 18.7. The van der Waals surface area contributed by atoms with E-state index in [-0.39, 0.29) is 41.0 Å². The molecule has 0 radical (unpaired) electrons. The highest BCUT2D eigenvalue weighted by Crippen LogP contribution is 2.53. The maximum atomic E-state index is 13.0. The van der Waals surface area contributed by atoms with E-state index in [1.54, 1.807) is 18.2 Å². The number of hydrogen-bond acceptors (Lipinski definition) is 5. The Kier molecular flexibility index (Phi) is 5.64. The third-order valence-electron chi connectivity index (χ3n) is 7.14. The van der Waals surface area contributed by atoms with Gasteiger partial charge in [0.1, 0.15) is 0 Å². The lowest BCUT2D eigenvalue weighted by Gasteiger charge is -2.18. The fourth-order valence-corrected chi connectivity index (χ4v) is 5.68. The minimum Gasteiger partial charge on any atom is -0.452 e. The second kappa shape index (κ2) is 8.51. The van der Waals surface area contributed by atoms with E-state index in [4.69, 9.17) is 4.74 Å². The summed E-state index contributed by atoms with van der Waals surface area (Å²) in [5.74, 6) is -1.99. The molecule has 1 aliphatic heterocycles. The van der Waals surface area contributed by atoms with Crippen LogP contribution in [0.5, 0.6) is 0 Å². The van der Waals surface area contributed by atoms with Crippen LogP contribution in [-0.4, -0.2) is 30.3 Å².